The van der Waals surface area contributed by atoms with Gasteiger partial charge in [-0.3, -0.25) is 19.0 Å². The number of nitrogen functional groups attached to an aromatic ring is 1. The van der Waals surface area contributed by atoms with E-state index in [1.165, 1.54) is 31.7 Å². The highest BCUT2D eigenvalue weighted by molar-refractivity contribution is 7.71. The van der Waals surface area contributed by atoms with Crippen molar-refractivity contribution < 1.29 is 33.3 Å². The number of hydrogen-bond donors (Lipinski definition) is 2. The fourth-order valence-electron chi connectivity index (χ4n) is 3.09. The molecule has 13 heteroatoms. The van der Waals surface area contributed by atoms with Gasteiger partial charge in [0.05, 0.1) is 0 Å². The highest BCUT2D eigenvalue weighted by Gasteiger charge is 2.51. The number of carbonyl (C=O) groups is 3. The lowest BCUT2D eigenvalue weighted by Crippen LogP contribution is -2.40. The highest BCUT2D eigenvalue weighted by Crippen LogP contribution is 2.36. The Morgan fingerprint density at radius 3 is 2.45 bits per heavy atom. The lowest BCUT2D eigenvalue weighted by Gasteiger charge is -2.23. The molecule has 4 atom stereocenters. The summed E-state index contributed by atoms with van der Waals surface area (Å²) in [5.74, 6) is -1.64. The van der Waals surface area contributed by atoms with Crippen molar-refractivity contribution in [3.8, 4) is 0 Å². The van der Waals surface area contributed by atoms with E-state index in [1.807, 2.05) is 0 Å². The van der Waals surface area contributed by atoms with E-state index >= 15 is 0 Å². The van der Waals surface area contributed by atoms with E-state index in [0.29, 0.717) is 11.2 Å². The number of anilines is 1. The van der Waals surface area contributed by atoms with Crippen LogP contribution in [0.5, 0.6) is 0 Å². The number of ether oxygens (including phenoxy) is 4. The average Bonchev–Trinajstić information content (AvgIpc) is 3.11. The number of aromatic nitrogens is 4. The third-order valence-corrected chi connectivity index (χ3v) is 4.43. The van der Waals surface area contributed by atoms with Crippen molar-refractivity contribution >= 4 is 47.1 Å². The highest BCUT2D eigenvalue weighted by atomic mass is 32.1. The molecule has 0 unspecified atom stereocenters. The van der Waals surface area contributed by atoms with Gasteiger partial charge in [-0.05, 0) is 12.2 Å². The van der Waals surface area contributed by atoms with Crippen LogP contribution in [-0.4, -0.2) is 62.3 Å². The monoisotopic (exact) mass is 425 g/mol. The smallest absolute Gasteiger partial charge is 0.303 e. The van der Waals surface area contributed by atoms with Crippen LogP contribution in [0.4, 0.5) is 5.82 Å². The number of rotatable bonds is 5. The molecule has 1 saturated heterocycles. The van der Waals surface area contributed by atoms with Crippen molar-refractivity contribution in [2.45, 2.75) is 45.3 Å². The molecule has 0 radical (unpaired) electrons. The van der Waals surface area contributed by atoms with E-state index < -0.39 is 42.4 Å². The van der Waals surface area contributed by atoms with Gasteiger partial charge in [-0.15, -0.1) is 0 Å². The number of carbonyl (C=O) groups excluding carboxylic acids is 3. The Hall–Kier alpha value is -3.06. The number of nitrogens with two attached hydrogens (primary N) is 1. The van der Waals surface area contributed by atoms with Crippen LogP contribution in [0.1, 0.15) is 27.0 Å². The van der Waals surface area contributed by atoms with Crippen molar-refractivity contribution in [2.24, 2.45) is 0 Å². The summed E-state index contributed by atoms with van der Waals surface area (Å²) >= 11 is 5.36. The van der Waals surface area contributed by atoms with Gasteiger partial charge >= 0.3 is 17.9 Å². The van der Waals surface area contributed by atoms with E-state index in [-0.39, 0.29) is 17.2 Å². The van der Waals surface area contributed by atoms with Crippen LogP contribution in [0.3, 0.4) is 0 Å². The average molecular weight is 425 g/mol. The minimum atomic E-state index is -1.08. The largest absolute Gasteiger partial charge is 0.463 e. The summed E-state index contributed by atoms with van der Waals surface area (Å²) in [6.07, 6.45) is -2.83. The summed E-state index contributed by atoms with van der Waals surface area (Å²) in [7, 11) is 0. The first-order valence-electron chi connectivity index (χ1n) is 8.53. The molecular weight excluding hydrogens is 406 g/mol. The van der Waals surface area contributed by atoms with Gasteiger partial charge in [0.1, 0.15) is 24.6 Å². The summed E-state index contributed by atoms with van der Waals surface area (Å²) < 4.78 is 23.3. The lowest BCUT2D eigenvalue weighted by atomic mass is 10.1. The number of nitrogens with one attached hydrogen (secondary N) is 1. The Morgan fingerprint density at radius 2 is 1.83 bits per heavy atom. The summed E-state index contributed by atoms with van der Waals surface area (Å²) in [6.45, 7) is 3.41. The van der Waals surface area contributed by atoms with Crippen molar-refractivity contribution in [1.29, 1.82) is 0 Å². The van der Waals surface area contributed by atoms with Crippen molar-refractivity contribution in [1.82, 2.24) is 19.5 Å². The number of nitrogens with zero attached hydrogens (tertiary/aromatic N) is 3. The van der Waals surface area contributed by atoms with Crippen LogP contribution in [0.15, 0.2) is 6.33 Å². The maximum absolute atomic E-state index is 11.7. The molecule has 0 saturated carbocycles. The molecule has 1 aliphatic rings. The minimum Gasteiger partial charge on any atom is -0.463 e. The van der Waals surface area contributed by atoms with E-state index in [0.717, 1.165) is 0 Å². The number of fused-ring (bicyclic) bond motifs is 1. The van der Waals surface area contributed by atoms with Gasteiger partial charge in [-0.2, -0.15) is 0 Å². The van der Waals surface area contributed by atoms with Crippen LogP contribution in [0.2, 0.25) is 0 Å². The second-order valence-corrected chi connectivity index (χ2v) is 6.66. The molecule has 3 rings (SSSR count). The Labute approximate surface area is 169 Å². The standard InChI is InChI=1S/C16H19N5O7S/c1-6(22)25-4-9-11(26-7(2)23)12(27-8(3)24)15(28-9)21-14-10(20-16(21)29)13(17)18-5-19-14/h5,9,11-12,15H,4H2,1-3H3,(H,20,29)(H2,17,18,19)/t9-,11-,12-,15-/m1/s1. The molecule has 3 N–H and O–H groups in total. The molecule has 0 amide bonds. The van der Waals surface area contributed by atoms with E-state index in [2.05, 4.69) is 15.0 Å². The Morgan fingerprint density at radius 1 is 1.17 bits per heavy atom. The third-order valence-electron chi connectivity index (χ3n) is 4.13. The SMILES string of the molecule is CC(=O)OC[C@H]1O[C@@H](n2c(=S)[nH]c3c(N)ncnc32)[C@H](OC(C)=O)[C@@H]1OC(C)=O. The molecule has 2 aromatic rings. The zero-order valence-electron chi connectivity index (χ0n) is 15.8. The quantitative estimate of drug-likeness (QED) is 0.387. The summed E-state index contributed by atoms with van der Waals surface area (Å²) in [5, 5.41) is 0. The molecule has 0 bridgehead atoms. The predicted molar refractivity (Wildman–Crippen MR) is 98.8 cm³/mol. The number of esters is 3. The Kier molecular flexibility index (Phi) is 5.79. The van der Waals surface area contributed by atoms with E-state index in [9.17, 15) is 14.4 Å². The second kappa shape index (κ2) is 8.13. The molecule has 29 heavy (non-hydrogen) atoms. The number of hydrogen-bond acceptors (Lipinski definition) is 11. The topological polar surface area (TPSA) is 161 Å². The van der Waals surface area contributed by atoms with Gasteiger partial charge in [-0.1, -0.05) is 0 Å². The first-order chi connectivity index (χ1) is 13.7. The maximum atomic E-state index is 11.7. The van der Waals surface area contributed by atoms with E-state index in [4.69, 9.17) is 36.9 Å². The van der Waals surface area contributed by atoms with Crippen molar-refractivity contribution in [3.05, 3.63) is 11.1 Å². The van der Waals surface area contributed by atoms with Crippen LogP contribution in [-0.2, 0) is 33.3 Å². The zero-order valence-corrected chi connectivity index (χ0v) is 16.6. The maximum Gasteiger partial charge on any atom is 0.303 e. The van der Waals surface area contributed by atoms with Crippen molar-refractivity contribution in [2.75, 3.05) is 12.3 Å². The van der Waals surface area contributed by atoms with Crippen LogP contribution in [0.25, 0.3) is 11.2 Å². The predicted octanol–water partition coefficient (Wildman–Crippen LogP) is 0.395. The molecular formula is C16H19N5O7S. The molecule has 12 nitrogen and oxygen atoms in total. The first-order valence-corrected chi connectivity index (χ1v) is 8.93. The van der Waals surface area contributed by atoms with Gasteiger partial charge in [0, 0.05) is 20.8 Å². The molecule has 0 aromatic carbocycles. The molecule has 3 heterocycles. The summed E-state index contributed by atoms with van der Waals surface area (Å²) in [4.78, 5) is 45.5. The molecule has 1 aliphatic heterocycles. The lowest BCUT2D eigenvalue weighted by molar-refractivity contribution is -0.166. The zero-order chi connectivity index (χ0) is 21.3. The van der Waals surface area contributed by atoms with Gasteiger partial charge in [0.25, 0.3) is 0 Å². The Bertz CT molecular complexity index is 1020. The number of aromatic amines is 1. The van der Waals surface area contributed by atoms with Gasteiger partial charge < -0.3 is 29.7 Å². The molecule has 1 fully saturated rings. The van der Waals surface area contributed by atoms with Gasteiger partial charge in [0.2, 0.25) is 0 Å². The molecule has 0 spiro atoms. The Balaban J connectivity index is 2.08. The minimum absolute atomic E-state index is 0.162. The normalized spacial score (nSPS) is 23.7. The molecule has 2 aromatic heterocycles. The van der Waals surface area contributed by atoms with Crippen LogP contribution >= 0.6 is 12.2 Å². The van der Waals surface area contributed by atoms with Gasteiger partial charge in [-0.25, -0.2) is 9.97 Å². The third kappa shape index (κ3) is 4.19. The molecule has 156 valence electrons. The molecule has 0 aliphatic carbocycles. The van der Waals surface area contributed by atoms with Crippen molar-refractivity contribution in [3.63, 3.8) is 0 Å². The fourth-order valence-corrected chi connectivity index (χ4v) is 3.38. The van der Waals surface area contributed by atoms with Crippen LogP contribution in [0, 0.1) is 4.77 Å². The second-order valence-electron chi connectivity index (χ2n) is 6.27. The van der Waals surface area contributed by atoms with E-state index in [1.54, 1.807) is 0 Å². The summed E-state index contributed by atoms with van der Waals surface area (Å²) in [5.41, 5.74) is 6.53. The van der Waals surface area contributed by atoms with Crippen LogP contribution < -0.4 is 5.73 Å². The fraction of sp³-hybridized carbons (Fsp3) is 0.500. The summed E-state index contributed by atoms with van der Waals surface area (Å²) in [6, 6.07) is 0. The number of H-pyrrole nitrogens is 1. The number of imidazole rings is 1. The first kappa shape index (κ1) is 20.7. The van der Waals surface area contributed by atoms with Gasteiger partial charge in [0.15, 0.2) is 34.7 Å².